The van der Waals surface area contributed by atoms with Crippen LogP contribution in [-0.4, -0.2) is 10.2 Å². The van der Waals surface area contributed by atoms with Crippen molar-refractivity contribution in [3.63, 3.8) is 0 Å². The summed E-state index contributed by atoms with van der Waals surface area (Å²) < 4.78 is 5.38. The summed E-state index contributed by atoms with van der Waals surface area (Å²) in [4.78, 5) is 0. The summed E-state index contributed by atoms with van der Waals surface area (Å²) in [6.07, 6.45) is 0. The number of rotatable bonds is 2. The van der Waals surface area contributed by atoms with E-state index in [1.807, 2.05) is 0 Å². The molecule has 1 aromatic heterocycles. The molecule has 2 aromatic rings. The van der Waals surface area contributed by atoms with Crippen LogP contribution in [0.1, 0.15) is 18.9 Å². The predicted molar refractivity (Wildman–Crippen MR) is 62.4 cm³/mol. The van der Waals surface area contributed by atoms with E-state index in [2.05, 4.69) is 10.2 Å². The molecule has 2 rings (SSSR count). The molecule has 0 amide bonds. The van der Waals surface area contributed by atoms with E-state index in [0.717, 1.165) is 0 Å². The third-order valence-corrected chi connectivity index (χ3v) is 2.54. The first-order valence-electron chi connectivity index (χ1n) is 4.62. The second-order valence-corrected chi connectivity index (χ2v) is 4.20. The topological polar surface area (TPSA) is 64.9 Å². The second kappa shape index (κ2) is 4.41. The van der Waals surface area contributed by atoms with Crippen molar-refractivity contribution in [2.75, 3.05) is 0 Å². The molecular weight excluding hydrogens is 249 g/mol. The van der Waals surface area contributed by atoms with Crippen LogP contribution >= 0.6 is 23.2 Å². The third kappa shape index (κ3) is 2.19. The van der Waals surface area contributed by atoms with Crippen molar-refractivity contribution in [1.82, 2.24) is 10.2 Å². The fourth-order valence-corrected chi connectivity index (χ4v) is 1.68. The van der Waals surface area contributed by atoms with Gasteiger partial charge in [-0.15, -0.1) is 10.2 Å². The monoisotopic (exact) mass is 257 g/mol. The van der Waals surface area contributed by atoms with Gasteiger partial charge in [-0.2, -0.15) is 0 Å². The molecule has 0 aliphatic carbocycles. The SMILES string of the molecule is CC(N)c1nnc(-c2ccc(Cl)cc2Cl)o1. The molecule has 1 atom stereocenters. The van der Waals surface area contributed by atoms with Gasteiger partial charge >= 0.3 is 0 Å². The van der Waals surface area contributed by atoms with Gasteiger partial charge in [0.25, 0.3) is 0 Å². The zero-order valence-electron chi connectivity index (χ0n) is 8.45. The molecule has 0 spiro atoms. The summed E-state index contributed by atoms with van der Waals surface area (Å²) in [6, 6.07) is 4.75. The Morgan fingerprint density at radius 1 is 1.31 bits per heavy atom. The Morgan fingerprint density at radius 3 is 2.62 bits per heavy atom. The molecule has 0 fully saturated rings. The summed E-state index contributed by atoms with van der Waals surface area (Å²) in [6.45, 7) is 1.76. The molecule has 1 heterocycles. The van der Waals surface area contributed by atoms with E-state index in [-0.39, 0.29) is 6.04 Å². The molecule has 0 radical (unpaired) electrons. The lowest BCUT2D eigenvalue weighted by Crippen LogP contribution is -2.04. The van der Waals surface area contributed by atoms with Crippen LogP contribution in [0.3, 0.4) is 0 Å². The normalized spacial score (nSPS) is 12.8. The van der Waals surface area contributed by atoms with E-state index in [9.17, 15) is 0 Å². The predicted octanol–water partition coefficient (Wildman–Crippen LogP) is 3.06. The van der Waals surface area contributed by atoms with Crippen molar-refractivity contribution in [3.8, 4) is 11.5 Å². The van der Waals surface area contributed by atoms with Crippen LogP contribution in [0.25, 0.3) is 11.5 Å². The minimum atomic E-state index is -0.299. The van der Waals surface area contributed by atoms with Gasteiger partial charge in [0, 0.05) is 5.02 Å². The summed E-state index contributed by atoms with van der Waals surface area (Å²) in [5.41, 5.74) is 6.26. The number of nitrogens with two attached hydrogens (primary N) is 1. The quantitative estimate of drug-likeness (QED) is 0.898. The molecule has 0 aliphatic heterocycles. The lowest BCUT2D eigenvalue weighted by Gasteiger charge is -1.99. The van der Waals surface area contributed by atoms with Crippen LogP contribution < -0.4 is 5.73 Å². The van der Waals surface area contributed by atoms with Crippen molar-refractivity contribution in [2.24, 2.45) is 5.73 Å². The van der Waals surface area contributed by atoms with Gasteiger partial charge in [-0.25, -0.2) is 0 Å². The van der Waals surface area contributed by atoms with E-state index in [1.165, 1.54) is 0 Å². The zero-order valence-corrected chi connectivity index (χ0v) is 9.96. The maximum Gasteiger partial charge on any atom is 0.249 e. The Kier molecular flexibility index (Phi) is 3.14. The largest absolute Gasteiger partial charge is 0.419 e. The molecular formula is C10H9Cl2N3O. The molecule has 84 valence electrons. The van der Waals surface area contributed by atoms with Crippen molar-refractivity contribution < 1.29 is 4.42 Å². The molecule has 6 heteroatoms. The Bertz CT molecular complexity index is 511. The number of nitrogens with zero attached hydrogens (tertiary/aromatic N) is 2. The number of halogens is 2. The van der Waals surface area contributed by atoms with Gasteiger partial charge < -0.3 is 10.2 Å². The minimum absolute atomic E-state index is 0.299. The van der Waals surface area contributed by atoms with Crippen LogP contribution in [-0.2, 0) is 0 Å². The highest BCUT2D eigenvalue weighted by molar-refractivity contribution is 6.36. The number of hydrogen-bond acceptors (Lipinski definition) is 4. The summed E-state index contributed by atoms with van der Waals surface area (Å²) in [5, 5.41) is 8.72. The maximum absolute atomic E-state index is 6.01. The molecule has 1 unspecified atom stereocenters. The fourth-order valence-electron chi connectivity index (χ4n) is 1.19. The van der Waals surface area contributed by atoms with Crippen LogP contribution in [0.2, 0.25) is 10.0 Å². The standard InChI is InChI=1S/C10H9Cl2N3O/c1-5(13)9-14-15-10(16-9)7-3-2-6(11)4-8(7)12/h2-5H,13H2,1H3. The number of benzene rings is 1. The van der Waals surface area contributed by atoms with Crippen molar-refractivity contribution >= 4 is 23.2 Å². The second-order valence-electron chi connectivity index (χ2n) is 3.36. The van der Waals surface area contributed by atoms with Gasteiger partial charge in [-0.3, -0.25) is 0 Å². The highest BCUT2D eigenvalue weighted by Crippen LogP contribution is 2.29. The average Bonchev–Trinajstić information content (AvgIpc) is 2.66. The van der Waals surface area contributed by atoms with E-state index in [4.69, 9.17) is 33.4 Å². The molecule has 1 aromatic carbocycles. The van der Waals surface area contributed by atoms with Crippen LogP contribution in [0.5, 0.6) is 0 Å². The zero-order chi connectivity index (χ0) is 11.7. The number of hydrogen-bond donors (Lipinski definition) is 1. The lowest BCUT2D eigenvalue weighted by atomic mass is 10.2. The molecule has 4 nitrogen and oxygen atoms in total. The Hall–Kier alpha value is -1.10. The van der Waals surface area contributed by atoms with Gasteiger partial charge in [0.05, 0.1) is 16.6 Å². The van der Waals surface area contributed by atoms with Crippen LogP contribution in [0.15, 0.2) is 22.6 Å². The van der Waals surface area contributed by atoms with E-state index >= 15 is 0 Å². The Labute approximate surface area is 102 Å². The van der Waals surface area contributed by atoms with Crippen molar-refractivity contribution in [2.45, 2.75) is 13.0 Å². The van der Waals surface area contributed by atoms with Crippen molar-refractivity contribution in [1.29, 1.82) is 0 Å². The summed E-state index contributed by atoms with van der Waals surface area (Å²) in [5.74, 6) is 0.718. The van der Waals surface area contributed by atoms with Crippen molar-refractivity contribution in [3.05, 3.63) is 34.1 Å². The average molecular weight is 258 g/mol. The molecule has 2 N–H and O–H groups in total. The fraction of sp³-hybridized carbons (Fsp3) is 0.200. The van der Waals surface area contributed by atoms with Gasteiger partial charge in [-0.1, -0.05) is 23.2 Å². The minimum Gasteiger partial charge on any atom is -0.419 e. The Balaban J connectivity index is 2.42. The summed E-state index contributed by atoms with van der Waals surface area (Å²) in [7, 11) is 0. The van der Waals surface area contributed by atoms with Gasteiger partial charge in [0.15, 0.2) is 0 Å². The maximum atomic E-state index is 6.01. The van der Waals surface area contributed by atoms with Crippen LogP contribution in [0, 0.1) is 0 Å². The number of aromatic nitrogens is 2. The first-order valence-corrected chi connectivity index (χ1v) is 5.38. The van der Waals surface area contributed by atoms with E-state index in [1.54, 1.807) is 25.1 Å². The molecule has 0 saturated heterocycles. The first-order chi connectivity index (χ1) is 7.58. The highest BCUT2D eigenvalue weighted by atomic mass is 35.5. The van der Waals surface area contributed by atoms with E-state index in [0.29, 0.717) is 27.4 Å². The lowest BCUT2D eigenvalue weighted by molar-refractivity contribution is 0.473. The molecule has 16 heavy (non-hydrogen) atoms. The Morgan fingerprint density at radius 2 is 2.06 bits per heavy atom. The third-order valence-electron chi connectivity index (χ3n) is 1.99. The smallest absolute Gasteiger partial charge is 0.249 e. The van der Waals surface area contributed by atoms with Crippen LogP contribution in [0.4, 0.5) is 0 Å². The van der Waals surface area contributed by atoms with Gasteiger partial charge in [-0.05, 0) is 25.1 Å². The first kappa shape index (κ1) is 11.4. The summed E-state index contributed by atoms with van der Waals surface area (Å²) >= 11 is 11.8. The van der Waals surface area contributed by atoms with E-state index < -0.39 is 0 Å². The molecule has 0 aliphatic rings. The highest BCUT2D eigenvalue weighted by Gasteiger charge is 2.14. The molecule has 0 saturated carbocycles. The van der Waals surface area contributed by atoms with Gasteiger partial charge in [0.2, 0.25) is 11.8 Å². The molecule has 0 bridgehead atoms. The van der Waals surface area contributed by atoms with Gasteiger partial charge in [0.1, 0.15) is 0 Å².